The van der Waals surface area contributed by atoms with Crippen molar-refractivity contribution in [2.45, 2.75) is 48.7 Å². The van der Waals surface area contributed by atoms with Gasteiger partial charge in [0.2, 0.25) is 5.95 Å². The van der Waals surface area contributed by atoms with E-state index in [9.17, 15) is 28.8 Å². The summed E-state index contributed by atoms with van der Waals surface area (Å²) in [6.45, 7) is -1.18. The number of imidazole rings is 2. The molecule has 4 aliphatic rings. The number of nitrogens with two attached hydrogens (primary N) is 2. The first kappa shape index (κ1) is 30.9. The van der Waals surface area contributed by atoms with Gasteiger partial charge in [-0.15, -0.1) is 0 Å². The lowest BCUT2D eigenvalue weighted by molar-refractivity contribution is -0.0665. The minimum Gasteiger partial charge on any atom is -0.388 e. The zero-order valence-corrected chi connectivity index (χ0v) is 26.0. The summed E-state index contributed by atoms with van der Waals surface area (Å²) in [4.78, 5) is 57.2. The van der Waals surface area contributed by atoms with E-state index in [1.54, 1.807) is 4.57 Å². The van der Waals surface area contributed by atoms with Crippen LogP contribution in [0.4, 0.5) is 11.8 Å². The molecule has 47 heavy (non-hydrogen) atoms. The molecule has 2 aliphatic heterocycles. The molecule has 2 unspecified atom stereocenters. The third-order valence-corrected chi connectivity index (χ3v) is 11.2. The molecule has 2 saturated carbocycles. The van der Waals surface area contributed by atoms with Crippen molar-refractivity contribution < 1.29 is 51.6 Å². The number of nitrogens with one attached hydrogen (secondary N) is 1. The van der Waals surface area contributed by atoms with Gasteiger partial charge < -0.3 is 40.4 Å². The van der Waals surface area contributed by atoms with E-state index in [1.165, 1.54) is 30.7 Å². The van der Waals surface area contributed by atoms with Crippen LogP contribution in [0, 0.1) is 11.8 Å². The molecule has 4 aromatic heterocycles. The number of ether oxygens (including phenoxy) is 2. The maximum atomic E-state index is 13.5. The molecule has 8 N–H and O–H groups in total. The van der Waals surface area contributed by atoms with Gasteiger partial charge in [-0.05, 0) is 12.3 Å². The molecule has 0 spiro atoms. The summed E-state index contributed by atoms with van der Waals surface area (Å²) in [5.74, 6) is -1.52. The molecule has 4 fully saturated rings. The van der Waals surface area contributed by atoms with Gasteiger partial charge in [-0.3, -0.25) is 32.4 Å². The second kappa shape index (κ2) is 10.5. The Morgan fingerprint density at radius 3 is 2.51 bits per heavy atom. The number of nitrogen functional groups attached to an aromatic ring is 2. The Labute approximate surface area is 262 Å². The lowest BCUT2D eigenvalue weighted by Gasteiger charge is -2.30. The van der Waals surface area contributed by atoms with Crippen LogP contribution in [-0.4, -0.2) is 105 Å². The molecule has 11 atom stereocenters. The van der Waals surface area contributed by atoms with Crippen molar-refractivity contribution in [1.29, 1.82) is 0 Å². The van der Waals surface area contributed by atoms with Crippen molar-refractivity contribution in [3.05, 3.63) is 29.3 Å². The van der Waals surface area contributed by atoms with Gasteiger partial charge in [-0.2, -0.15) is 4.98 Å². The van der Waals surface area contributed by atoms with E-state index in [2.05, 4.69) is 29.9 Å². The topological polar surface area (TPSA) is 309 Å². The average Bonchev–Trinajstić information content (AvgIpc) is 3.30. The molecular formula is C23H28N10O12P2. The Morgan fingerprint density at radius 2 is 1.74 bits per heavy atom. The molecule has 2 aliphatic carbocycles. The summed E-state index contributed by atoms with van der Waals surface area (Å²) >= 11 is 0. The van der Waals surface area contributed by atoms with Crippen molar-refractivity contribution in [2.75, 3.05) is 31.8 Å². The van der Waals surface area contributed by atoms with Crippen LogP contribution in [0.1, 0.15) is 12.6 Å². The molecule has 0 amide bonds. The van der Waals surface area contributed by atoms with E-state index in [-0.39, 0.29) is 28.4 Å². The standard InChI is InChI=1S/C23H28N10O12P2/c1-40-14-10-4-42-47(38,39)44-13-8(9-2-23(9,16(13)34)33-7-29-11-17(24)26-5-27-18(11)33)3-41-46(36,37)45-15(14)21(43-10)32-6-28-12-19(32)30-22(25)31-20(12)35/h5-10,13-16,21,34H,2-4H2,1H3,(H,36,37)(H,38,39)(H2,24,26,27)(H3,25,30,31,35)/t8-,9-,10+,13+,14+,15+,16+,21+,23+/m0/s1. The van der Waals surface area contributed by atoms with Crippen LogP contribution in [0.15, 0.2) is 23.8 Å². The highest BCUT2D eigenvalue weighted by atomic mass is 31.2. The monoisotopic (exact) mass is 698 g/mol. The second-order valence-electron chi connectivity index (χ2n) is 11.7. The number of methoxy groups -OCH3 is 1. The van der Waals surface area contributed by atoms with Crippen LogP contribution < -0.4 is 17.0 Å². The molecule has 8 rings (SSSR count). The summed E-state index contributed by atoms with van der Waals surface area (Å²) in [6.07, 6.45) is -3.85. The van der Waals surface area contributed by atoms with Gasteiger partial charge in [0.25, 0.3) is 5.56 Å². The minimum absolute atomic E-state index is 0.0425. The molecule has 4 aromatic rings. The lowest BCUT2D eigenvalue weighted by atomic mass is 10.0. The number of rotatable bonds is 3. The van der Waals surface area contributed by atoms with E-state index < -0.39 is 88.5 Å². The number of aromatic amines is 1. The predicted octanol–water partition coefficient (Wildman–Crippen LogP) is -1.24. The number of phosphoric ester groups is 2. The van der Waals surface area contributed by atoms with Crippen LogP contribution in [0.3, 0.4) is 0 Å². The van der Waals surface area contributed by atoms with E-state index in [4.69, 9.17) is 39.0 Å². The summed E-state index contributed by atoms with van der Waals surface area (Å²) < 4.78 is 63.3. The number of aliphatic hydroxyl groups excluding tert-OH is 1. The molecule has 0 radical (unpaired) electrons. The van der Waals surface area contributed by atoms with Gasteiger partial charge in [0.15, 0.2) is 28.9 Å². The van der Waals surface area contributed by atoms with E-state index in [0.717, 1.165) is 0 Å². The van der Waals surface area contributed by atoms with Gasteiger partial charge in [0.05, 0.1) is 31.4 Å². The predicted molar refractivity (Wildman–Crippen MR) is 154 cm³/mol. The number of hydrogen-bond donors (Lipinski definition) is 6. The van der Waals surface area contributed by atoms with Crippen molar-refractivity contribution in [3.63, 3.8) is 0 Å². The Bertz CT molecular complexity index is 2060. The third kappa shape index (κ3) is 4.75. The van der Waals surface area contributed by atoms with Gasteiger partial charge in [-0.25, -0.2) is 29.1 Å². The largest absolute Gasteiger partial charge is 0.472 e. The van der Waals surface area contributed by atoms with Crippen LogP contribution in [0.5, 0.6) is 0 Å². The van der Waals surface area contributed by atoms with Crippen LogP contribution in [-0.2, 0) is 42.2 Å². The Kier molecular flexibility index (Phi) is 6.94. The molecular weight excluding hydrogens is 670 g/mol. The SMILES string of the molecule is CO[C@H]1[C@H]2OP(=O)(O)OC[C@@H]3[C@@H](OP(=O)(O)OC[C@H]1O[C@H]2n1cnc2c(=O)[nH]c(N)nc21)[C@@H](O)[C@@]1(n2cnc4c(N)ncnc42)C[C@@H]31. The lowest BCUT2D eigenvalue weighted by Crippen LogP contribution is -2.40. The van der Waals surface area contributed by atoms with Crippen LogP contribution in [0.2, 0.25) is 0 Å². The number of aromatic nitrogens is 8. The van der Waals surface area contributed by atoms with Gasteiger partial charge >= 0.3 is 15.6 Å². The molecule has 2 bridgehead atoms. The van der Waals surface area contributed by atoms with Gasteiger partial charge in [0.1, 0.15) is 42.4 Å². The van der Waals surface area contributed by atoms with Gasteiger partial charge in [-0.1, -0.05) is 0 Å². The normalized spacial score (nSPS) is 40.4. The van der Waals surface area contributed by atoms with E-state index >= 15 is 0 Å². The van der Waals surface area contributed by atoms with Gasteiger partial charge in [0, 0.05) is 13.0 Å². The zero-order chi connectivity index (χ0) is 33.0. The Morgan fingerprint density at radius 1 is 1.02 bits per heavy atom. The van der Waals surface area contributed by atoms with Crippen molar-refractivity contribution in [1.82, 2.24) is 39.0 Å². The van der Waals surface area contributed by atoms with Crippen LogP contribution >= 0.6 is 15.6 Å². The smallest absolute Gasteiger partial charge is 0.388 e. The molecule has 24 heteroatoms. The highest BCUT2D eigenvalue weighted by molar-refractivity contribution is 7.47. The van der Waals surface area contributed by atoms with E-state index in [0.29, 0.717) is 12.1 Å². The van der Waals surface area contributed by atoms with Crippen LogP contribution in [0.25, 0.3) is 22.3 Å². The fraction of sp³-hybridized carbons (Fsp3) is 0.565. The molecule has 6 heterocycles. The Hall–Kier alpha value is -3.40. The number of hydrogen-bond acceptors (Lipinski definition) is 17. The molecule has 22 nitrogen and oxygen atoms in total. The number of fused-ring (bicyclic) bond motifs is 7. The van der Waals surface area contributed by atoms with Crippen molar-refractivity contribution >= 4 is 49.7 Å². The first-order chi connectivity index (χ1) is 22.3. The second-order valence-corrected chi connectivity index (χ2v) is 14.5. The fourth-order valence-corrected chi connectivity index (χ4v) is 9.06. The maximum Gasteiger partial charge on any atom is 0.472 e. The molecule has 0 aromatic carbocycles. The summed E-state index contributed by atoms with van der Waals surface area (Å²) in [7, 11) is -8.67. The third-order valence-electron chi connectivity index (χ3n) is 9.23. The first-order valence-corrected chi connectivity index (χ1v) is 17.2. The number of anilines is 2. The number of phosphoric acid groups is 2. The minimum atomic E-state index is -4.98. The number of aliphatic hydroxyl groups is 1. The quantitative estimate of drug-likeness (QED) is 0.136. The number of H-pyrrole nitrogens is 1. The van der Waals surface area contributed by atoms with Crippen molar-refractivity contribution in [2.24, 2.45) is 11.8 Å². The molecule has 252 valence electrons. The number of nitrogens with zero attached hydrogens (tertiary/aromatic N) is 7. The highest BCUT2D eigenvalue weighted by Crippen LogP contribution is 2.68. The Balaban J connectivity index is 1.15. The zero-order valence-electron chi connectivity index (χ0n) is 24.2. The summed E-state index contributed by atoms with van der Waals surface area (Å²) in [5, 5.41) is 11.6. The van der Waals surface area contributed by atoms with Crippen molar-refractivity contribution in [3.8, 4) is 0 Å². The average molecular weight is 698 g/mol. The summed E-state index contributed by atoms with van der Waals surface area (Å²) in [5.41, 5.74) is 10.3. The highest BCUT2D eigenvalue weighted by Gasteiger charge is 2.74. The molecule has 2 saturated heterocycles. The maximum absolute atomic E-state index is 13.5. The fourth-order valence-electron chi connectivity index (χ4n) is 7.14. The first-order valence-electron chi connectivity index (χ1n) is 14.2. The van der Waals surface area contributed by atoms with E-state index in [1.807, 2.05) is 0 Å². The summed E-state index contributed by atoms with van der Waals surface area (Å²) in [6, 6.07) is 0.